The molecule has 0 aliphatic carbocycles. The van der Waals surface area contributed by atoms with Gasteiger partial charge in [-0.15, -0.1) is 24.0 Å². The van der Waals surface area contributed by atoms with E-state index in [-0.39, 0.29) is 11.9 Å². The summed E-state index contributed by atoms with van der Waals surface area (Å²) in [6.45, 7) is 4.11. The minimum atomic E-state index is -0.0754. The van der Waals surface area contributed by atoms with Crippen LogP contribution in [0.1, 0.15) is 27.0 Å². The molecule has 1 unspecified atom stereocenters. The number of carbonyl (C=O) groups excluding carboxylic acids is 1. The fraction of sp³-hybridized carbons (Fsp3) is 0.267. The van der Waals surface area contributed by atoms with Crippen LogP contribution in [0.2, 0.25) is 0 Å². The van der Waals surface area contributed by atoms with E-state index in [0.29, 0.717) is 5.56 Å². The van der Waals surface area contributed by atoms with Gasteiger partial charge in [0.2, 0.25) is 0 Å². The molecule has 1 amide bonds. The minimum Gasteiger partial charge on any atom is -0.349 e. The average Bonchev–Trinajstić information content (AvgIpc) is 2.77. The minimum absolute atomic E-state index is 0.0754. The Bertz CT molecular complexity index is 624. The zero-order chi connectivity index (χ0) is 14.7. The predicted molar refractivity (Wildman–Crippen MR) is 91.1 cm³/mol. The van der Waals surface area contributed by atoms with Crippen LogP contribution in [0, 0.1) is 6.92 Å². The Balaban J connectivity index is 2.02. The van der Waals surface area contributed by atoms with Crippen molar-refractivity contribution in [3.8, 4) is 0 Å². The van der Waals surface area contributed by atoms with Crippen LogP contribution in [0.4, 0.5) is 0 Å². The molecule has 0 saturated heterocycles. The van der Waals surface area contributed by atoms with Crippen molar-refractivity contribution in [2.45, 2.75) is 31.2 Å². The van der Waals surface area contributed by atoms with Gasteiger partial charge < -0.3 is 5.32 Å². The maximum atomic E-state index is 12.3. The molecule has 2 rings (SSSR count). The Kier molecular flexibility index (Phi) is 5.29. The number of carbonyl (C=O) groups is 1. The monoisotopic (exact) mass is 369 g/mol. The molecule has 20 heavy (non-hydrogen) atoms. The number of rotatable bonds is 4. The van der Waals surface area contributed by atoms with E-state index in [4.69, 9.17) is 0 Å². The maximum absolute atomic E-state index is 12.3. The Morgan fingerprint density at radius 2 is 2.15 bits per heavy atom. The van der Waals surface area contributed by atoms with Crippen LogP contribution in [-0.4, -0.2) is 11.9 Å². The summed E-state index contributed by atoms with van der Waals surface area (Å²) in [4.78, 5) is 15.6. The molecule has 1 aromatic carbocycles. The van der Waals surface area contributed by atoms with E-state index >= 15 is 0 Å². The standard InChI is InChI=1S/C15H16BrNOS2/c1-9(7-12-5-3-10(2)20-12)17-15(18)13-8-11(19)4-6-14(13)16/h3-6,8-9,19H,7H2,1-2H3,(H,17,18). The molecule has 0 bridgehead atoms. The average molecular weight is 370 g/mol. The van der Waals surface area contributed by atoms with E-state index in [1.165, 1.54) is 9.75 Å². The summed E-state index contributed by atoms with van der Waals surface area (Å²) in [5.41, 5.74) is 0.617. The highest BCUT2D eigenvalue weighted by Crippen LogP contribution is 2.21. The fourth-order valence-corrected chi connectivity index (χ4v) is 3.59. The molecular formula is C15H16BrNOS2. The summed E-state index contributed by atoms with van der Waals surface area (Å²) >= 11 is 9.44. The van der Waals surface area contributed by atoms with E-state index in [0.717, 1.165) is 15.8 Å². The van der Waals surface area contributed by atoms with Crippen molar-refractivity contribution in [3.63, 3.8) is 0 Å². The SMILES string of the molecule is Cc1ccc(CC(C)NC(=O)c2cc(S)ccc2Br)s1. The normalized spacial score (nSPS) is 12.2. The molecule has 0 spiro atoms. The van der Waals surface area contributed by atoms with Gasteiger partial charge in [-0.1, -0.05) is 0 Å². The first kappa shape index (κ1) is 15.6. The summed E-state index contributed by atoms with van der Waals surface area (Å²) in [6.07, 6.45) is 0.850. The quantitative estimate of drug-likeness (QED) is 0.764. The van der Waals surface area contributed by atoms with Crippen LogP contribution in [0.25, 0.3) is 0 Å². The van der Waals surface area contributed by atoms with Gasteiger partial charge in [-0.05, 0) is 60.1 Å². The Labute approximate surface area is 137 Å². The summed E-state index contributed by atoms with van der Waals surface area (Å²) in [5.74, 6) is -0.0754. The number of halogens is 1. The molecule has 0 aliphatic rings. The number of thiol groups is 1. The van der Waals surface area contributed by atoms with Crippen LogP contribution in [0.3, 0.4) is 0 Å². The lowest BCUT2D eigenvalue weighted by Crippen LogP contribution is -2.34. The van der Waals surface area contributed by atoms with Gasteiger partial charge in [-0.25, -0.2) is 0 Å². The maximum Gasteiger partial charge on any atom is 0.252 e. The van der Waals surface area contributed by atoms with Gasteiger partial charge in [0.1, 0.15) is 0 Å². The highest BCUT2D eigenvalue weighted by molar-refractivity contribution is 9.10. The van der Waals surface area contributed by atoms with Gasteiger partial charge in [0.15, 0.2) is 0 Å². The van der Waals surface area contributed by atoms with Crippen molar-refractivity contribution >= 4 is 45.8 Å². The molecule has 0 radical (unpaired) electrons. The molecule has 0 aliphatic heterocycles. The van der Waals surface area contributed by atoms with Crippen molar-refractivity contribution in [1.29, 1.82) is 0 Å². The predicted octanol–water partition coefficient (Wildman–Crippen LogP) is 4.47. The number of hydrogen-bond donors (Lipinski definition) is 2. The Morgan fingerprint density at radius 3 is 2.80 bits per heavy atom. The van der Waals surface area contributed by atoms with Crippen LogP contribution in [0.15, 0.2) is 39.7 Å². The van der Waals surface area contributed by atoms with Gasteiger partial charge in [-0.2, -0.15) is 0 Å². The molecule has 1 atom stereocenters. The first-order chi connectivity index (χ1) is 9.45. The van der Waals surface area contributed by atoms with E-state index in [2.05, 4.69) is 52.9 Å². The van der Waals surface area contributed by atoms with Crippen LogP contribution in [0.5, 0.6) is 0 Å². The van der Waals surface area contributed by atoms with Gasteiger partial charge >= 0.3 is 0 Å². The van der Waals surface area contributed by atoms with E-state index in [1.54, 1.807) is 17.4 Å². The van der Waals surface area contributed by atoms with E-state index < -0.39 is 0 Å². The second-order valence-electron chi connectivity index (χ2n) is 4.76. The number of hydrogen-bond acceptors (Lipinski definition) is 3. The first-order valence-corrected chi connectivity index (χ1v) is 8.36. The highest BCUT2D eigenvalue weighted by atomic mass is 79.9. The number of thiophene rings is 1. The van der Waals surface area contributed by atoms with Crippen molar-refractivity contribution in [1.82, 2.24) is 5.32 Å². The molecule has 1 N–H and O–H groups in total. The van der Waals surface area contributed by atoms with Crippen molar-refractivity contribution in [2.24, 2.45) is 0 Å². The second kappa shape index (κ2) is 6.78. The zero-order valence-electron chi connectivity index (χ0n) is 11.3. The van der Waals surface area contributed by atoms with Crippen molar-refractivity contribution in [3.05, 3.63) is 50.1 Å². The molecule has 0 saturated carbocycles. The molecule has 5 heteroatoms. The van der Waals surface area contributed by atoms with Crippen LogP contribution < -0.4 is 5.32 Å². The van der Waals surface area contributed by atoms with Crippen LogP contribution in [-0.2, 0) is 6.42 Å². The lowest BCUT2D eigenvalue weighted by Gasteiger charge is -2.14. The Hall–Kier alpha value is -0.780. The Morgan fingerprint density at radius 1 is 1.40 bits per heavy atom. The van der Waals surface area contributed by atoms with E-state index in [9.17, 15) is 4.79 Å². The molecule has 2 nitrogen and oxygen atoms in total. The molecule has 2 aromatic rings. The zero-order valence-corrected chi connectivity index (χ0v) is 14.6. The number of benzene rings is 1. The van der Waals surface area contributed by atoms with Crippen molar-refractivity contribution in [2.75, 3.05) is 0 Å². The smallest absolute Gasteiger partial charge is 0.252 e. The molecule has 1 aromatic heterocycles. The van der Waals surface area contributed by atoms with Crippen LogP contribution >= 0.6 is 39.9 Å². The largest absolute Gasteiger partial charge is 0.349 e. The van der Waals surface area contributed by atoms with Gasteiger partial charge in [0.25, 0.3) is 5.91 Å². The topological polar surface area (TPSA) is 29.1 Å². The molecule has 106 valence electrons. The van der Waals surface area contributed by atoms with Gasteiger partial charge in [0, 0.05) is 31.6 Å². The van der Waals surface area contributed by atoms with Gasteiger partial charge in [-0.3, -0.25) is 4.79 Å². The summed E-state index contributed by atoms with van der Waals surface area (Å²) < 4.78 is 0.784. The summed E-state index contributed by atoms with van der Waals surface area (Å²) in [7, 11) is 0. The lowest BCUT2D eigenvalue weighted by molar-refractivity contribution is 0.0939. The number of amides is 1. The summed E-state index contributed by atoms with van der Waals surface area (Å²) in [5, 5.41) is 3.03. The number of nitrogens with one attached hydrogen (secondary N) is 1. The molecule has 1 heterocycles. The first-order valence-electron chi connectivity index (χ1n) is 6.30. The molecule has 0 fully saturated rings. The third-order valence-corrected chi connectivity index (χ3v) is 4.87. The lowest BCUT2D eigenvalue weighted by atomic mass is 10.1. The highest BCUT2D eigenvalue weighted by Gasteiger charge is 2.14. The molecular weight excluding hydrogens is 354 g/mol. The van der Waals surface area contributed by atoms with E-state index in [1.807, 2.05) is 19.1 Å². The summed E-state index contributed by atoms with van der Waals surface area (Å²) in [6, 6.07) is 9.77. The number of aryl methyl sites for hydroxylation is 1. The fourth-order valence-electron chi connectivity index (χ4n) is 1.94. The van der Waals surface area contributed by atoms with Crippen molar-refractivity contribution < 1.29 is 4.79 Å². The van der Waals surface area contributed by atoms with Gasteiger partial charge in [0.05, 0.1) is 5.56 Å². The third-order valence-electron chi connectivity index (χ3n) is 2.88. The second-order valence-corrected chi connectivity index (χ2v) is 7.50. The third kappa shape index (κ3) is 4.11.